The summed E-state index contributed by atoms with van der Waals surface area (Å²) in [6.45, 7) is 4.04. The maximum Gasteiger partial charge on any atom is 0.191 e. The predicted molar refractivity (Wildman–Crippen MR) is 90.6 cm³/mol. The summed E-state index contributed by atoms with van der Waals surface area (Å²) >= 11 is 2.17. The van der Waals surface area contributed by atoms with E-state index < -0.39 is 5.82 Å². The lowest BCUT2D eigenvalue weighted by molar-refractivity contribution is 0.373. The van der Waals surface area contributed by atoms with E-state index in [0.29, 0.717) is 11.4 Å². The summed E-state index contributed by atoms with van der Waals surface area (Å²) in [6.07, 6.45) is 0. The van der Waals surface area contributed by atoms with Gasteiger partial charge in [0.15, 0.2) is 11.6 Å². The van der Waals surface area contributed by atoms with Crippen LogP contribution in [0.2, 0.25) is 0 Å². The van der Waals surface area contributed by atoms with E-state index in [1.165, 1.54) is 7.11 Å². The highest BCUT2D eigenvalue weighted by molar-refractivity contribution is 14.1. The van der Waals surface area contributed by atoms with Crippen molar-refractivity contribution in [1.82, 2.24) is 10.1 Å². The topological polar surface area (TPSA) is 48.2 Å². The van der Waals surface area contributed by atoms with Gasteiger partial charge in [0, 0.05) is 20.9 Å². The van der Waals surface area contributed by atoms with Crippen molar-refractivity contribution in [3.05, 3.63) is 39.4 Å². The Hall–Kier alpha value is -1.70. The fourth-order valence-electron chi connectivity index (χ4n) is 2.17. The Labute approximate surface area is 140 Å². The number of benzene rings is 1. The second kappa shape index (κ2) is 5.83. The van der Waals surface area contributed by atoms with Crippen molar-refractivity contribution in [3.8, 4) is 17.1 Å². The highest BCUT2D eigenvalue weighted by Gasteiger charge is 2.16. The quantitative estimate of drug-likeness (QED) is 0.582. The van der Waals surface area contributed by atoms with Crippen LogP contribution in [-0.2, 0) is 0 Å². The Morgan fingerprint density at radius 3 is 2.64 bits per heavy atom. The second-order valence-electron chi connectivity index (χ2n) is 5.24. The first-order chi connectivity index (χ1) is 10.5. The van der Waals surface area contributed by atoms with Crippen molar-refractivity contribution in [1.29, 1.82) is 0 Å². The van der Waals surface area contributed by atoms with E-state index in [0.717, 1.165) is 14.7 Å². The van der Waals surface area contributed by atoms with E-state index in [-0.39, 0.29) is 17.2 Å². The third-order valence-corrected chi connectivity index (χ3v) is 4.31. The largest absolute Gasteiger partial charge is 0.494 e. The normalized spacial score (nSPS) is 11.4. The number of ether oxygens (including phenoxy) is 1. The van der Waals surface area contributed by atoms with E-state index in [2.05, 4.69) is 32.7 Å². The van der Waals surface area contributed by atoms with Gasteiger partial charge < -0.3 is 9.26 Å². The lowest BCUT2D eigenvalue weighted by atomic mass is 10.1. The van der Waals surface area contributed by atoms with Gasteiger partial charge in [0.25, 0.3) is 0 Å². The van der Waals surface area contributed by atoms with Crippen LogP contribution in [0.1, 0.15) is 25.5 Å². The number of fused-ring (bicyclic) bond motifs is 1. The minimum atomic E-state index is -0.465. The summed E-state index contributed by atoms with van der Waals surface area (Å²) < 4.78 is 25.7. The molecule has 0 aliphatic rings. The molecule has 0 saturated carbocycles. The minimum Gasteiger partial charge on any atom is -0.494 e. The molecule has 0 bridgehead atoms. The number of pyridine rings is 1. The minimum absolute atomic E-state index is 0.177. The van der Waals surface area contributed by atoms with Gasteiger partial charge >= 0.3 is 0 Å². The van der Waals surface area contributed by atoms with Crippen molar-refractivity contribution in [2.24, 2.45) is 0 Å². The molecule has 0 radical (unpaired) electrons. The van der Waals surface area contributed by atoms with Gasteiger partial charge in [0.2, 0.25) is 0 Å². The first-order valence-corrected chi connectivity index (χ1v) is 7.89. The summed E-state index contributed by atoms with van der Waals surface area (Å²) in [5.41, 5.74) is 1.46. The molecule has 0 fully saturated rings. The van der Waals surface area contributed by atoms with Crippen LogP contribution < -0.4 is 4.74 Å². The Kier molecular flexibility index (Phi) is 4.03. The van der Waals surface area contributed by atoms with Gasteiger partial charge in [-0.05, 0) is 40.8 Å². The zero-order valence-electron chi connectivity index (χ0n) is 12.4. The van der Waals surface area contributed by atoms with Crippen LogP contribution in [0.3, 0.4) is 0 Å². The number of aromatic nitrogens is 2. The molecule has 0 aliphatic carbocycles. The fourth-order valence-corrected chi connectivity index (χ4v) is 2.90. The Bertz CT molecular complexity index is 846. The van der Waals surface area contributed by atoms with E-state index in [9.17, 15) is 4.39 Å². The van der Waals surface area contributed by atoms with Crippen LogP contribution in [0.4, 0.5) is 4.39 Å². The van der Waals surface area contributed by atoms with Crippen LogP contribution in [0.15, 0.2) is 28.8 Å². The summed E-state index contributed by atoms with van der Waals surface area (Å²) in [5.74, 6) is 0.721. The maximum atomic E-state index is 14.4. The van der Waals surface area contributed by atoms with E-state index in [1.54, 1.807) is 12.1 Å². The molecule has 22 heavy (non-hydrogen) atoms. The molecule has 3 aromatic rings. The fraction of sp³-hybridized carbons (Fsp3) is 0.250. The standard InChI is InChI=1S/C16H14FIN2O2/c1-8(2)14-7-12(20-22-14)11-6-10(18)9-4-5-13(21-3)15(17)16(9)19-11/h4-8H,1-3H3. The molecule has 1 aromatic carbocycles. The van der Waals surface area contributed by atoms with Crippen molar-refractivity contribution in [2.75, 3.05) is 7.11 Å². The first kappa shape index (κ1) is 15.2. The summed E-state index contributed by atoms with van der Waals surface area (Å²) in [5, 5.41) is 4.78. The molecule has 0 atom stereocenters. The van der Waals surface area contributed by atoms with Gasteiger partial charge in [-0.15, -0.1) is 0 Å². The number of nitrogens with zero attached hydrogens (tertiary/aromatic N) is 2. The van der Waals surface area contributed by atoms with E-state index in [4.69, 9.17) is 9.26 Å². The third kappa shape index (κ3) is 2.55. The molecule has 0 aliphatic heterocycles. The van der Waals surface area contributed by atoms with E-state index in [1.807, 2.05) is 26.0 Å². The average molecular weight is 412 g/mol. The van der Waals surface area contributed by atoms with Crippen molar-refractivity contribution in [2.45, 2.75) is 19.8 Å². The van der Waals surface area contributed by atoms with E-state index >= 15 is 0 Å². The van der Waals surface area contributed by atoms with Gasteiger partial charge in [0.1, 0.15) is 17.0 Å². The zero-order chi connectivity index (χ0) is 15.9. The molecule has 0 saturated heterocycles. The molecular formula is C16H14FIN2O2. The summed E-state index contributed by atoms with van der Waals surface area (Å²) in [7, 11) is 1.44. The lowest BCUT2D eigenvalue weighted by Gasteiger charge is -2.07. The molecule has 3 rings (SSSR count). The third-order valence-electron chi connectivity index (χ3n) is 3.41. The van der Waals surface area contributed by atoms with Crippen LogP contribution >= 0.6 is 22.6 Å². The zero-order valence-corrected chi connectivity index (χ0v) is 14.5. The number of methoxy groups -OCH3 is 1. The van der Waals surface area contributed by atoms with Crippen molar-refractivity contribution >= 4 is 33.5 Å². The second-order valence-corrected chi connectivity index (χ2v) is 6.40. The lowest BCUT2D eigenvalue weighted by Crippen LogP contribution is -1.95. The van der Waals surface area contributed by atoms with Crippen LogP contribution in [0.5, 0.6) is 5.75 Å². The van der Waals surface area contributed by atoms with Gasteiger partial charge in [-0.1, -0.05) is 19.0 Å². The molecule has 114 valence electrons. The molecule has 6 heteroatoms. The van der Waals surface area contributed by atoms with Crippen LogP contribution in [-0.4, -0.2) is 17.3 Å². The van der Waals surface area contributed by atoms with Gasteiger partial charge in [-0.3, -0.25) is 0 Å². The number of hydrogen-bond donors (Lipinski definition) is 0. The van der Waals surface area contributed by atoms with Crippen LogP contribution in [0, 0.1) is 9.39 Å². The molecule has 0 spiro atoms. The van der Waals surface area contributed by atoms with Gasteiger partial charge in [0.05, 0.1) is 12.8 Å². The van der Waals surface area contributed by atoms with Crippen molar-refractivity contribution < 1.29 is 13.7 Å². The molecule has 2 aromatic heterocycles. The Morgan fingerprint density at radius 2 is 2.00 bits per heavy atom. The molecular weight excluding hydrogens is 398 g/mol. The van der Waals surface area contributed by atoms with Gasteiger partial charge in [-0.25, -0.2) is 9.37 Å². The highest BCUT2D eigenvalue weighted by atomic mass is 127. The molecule has 4 nitrogen and oxygen atoms in total. The predicted octanol–water partition coefficient (Wildman–Crippen LogP) is 4.77. The van der Waals surface area contributed by atoms with Gasteiger partial charge in [-0.2, -0.15) is 0 Å². The van der Waals surface area contributed by atoms with Crippen LogP contribution in [0.25, 0.3) is 22.3 Å². The average Bonchev–Trinajstić information content (AvgIpc) is 2.98. The monoisotopic (exact) mass is 412 g/mol. The molecule has 0 amide bonds. The summed E-state index contributed by atoms with van der Waals surface area (Å²) in [6, 6.07) is 7.12. The first-order valence-electron chi connectivity index (χ1n) is 6.81. The highest BCUT2D eigenvalue weighted by Crippen LogP contribution is 2.31. The summed E-state index contributed by atoms with van der Waals surface area (Å²) in [4.78, 5) is 4.40. The SMILES string of the molecule is COc1ccc2c(I)cc(-c3cc(C(C)C)on3)nc2c1F. The molecule has 2 heterocycles. The number of hydrogen-bond acceptors (Lipinski definition) is 4. The van der Waals surface area contributed by atoms with Crippen molar-refractivity contribution in [3.63, 3.8) is 0 Å². The number of rotatable bonds is 3. The Morgan fingerprint density at radius 1 is 1.23 bits per heavy atom. The molecule has 0 N–H and O–H groups in total. The maximum absolute atomic E-state index is 14.4. The number of halogens is 2. The smallest absolute Gasteiger partial charge is 0.191 e. The Balaban J connectivity index is 2.20. The molecule has 0 unspecified atom stereocenters.